The smallest absolute Gasteiger partial charge is 0.330 e. The number of nitriles is 2. The van der Waals surface area contributed by atoms with E-state index in [4.69, 9.17) is 20.0 Å². The molecule has 3 rings (SSSR count). The van der Waals surface area contributed by atoms with Gasteiger partial charge >= 0.3 is 5.97 Å². The predicted molar refractivity (Wildman–Crippen MR) is 144 cm³/mol. The third kappa shape index (κ3) is 9.08. The van der Waals surface area contributed by atoms with Gasteiger partial charge in [-0.2, -0.15) is 10.5 Å². The molecule has 5 nitrogen and oxygen atoms in total. The molecule has 0 spiro atoms. The molecule has 1 aromatic heterocycles. The number of rotatable bonds is 9. The molecule has 0 saturated heterocycles. The second kappa shape index (κ2) is 14.6. The van der Waals surface area contributed by atoms with Gasteiger partial charge in [0.15, 0.2) is 0 Å². The molecule has 1 heterocycles. The summed E-state index contributed by atoms with van der Waals surface area (Å²) >= 11 is 1.50. The molecule has 3 aromatic rings. The van der Waals surface area contributed by atoms with Gasteiger partial charge in [-0.3, -0.25) is 0 Å². The number of nitrogens with zero attached hydrogens (tertiary/aromatic N) is 2. The minimum Gasteiger partial charge on any atom is -0.494 e. The van der Waals surface area contributed by atoms with Crippen molar-refractivity contribution in [3.63, 3.8) is 0 Å². The number of carbonyl (C=O) groups excluding carboxylic acids is 1. The minimum absolute atomic E-state index is 0.323. The summed E-state index contributed by atoms with van der Waals surface area (Å²) in [6.45, 7) is 4.43. The average Bonchev–Trinajstić information content (AvgIpc) is 3.40. The maximum atomic E-state index is 11.0. The van der Waals surface area contributed by atoms with Crippen LogP contribution in [0.15, 0.2) is 67.3 Å². The maximum absolute atomic E-state index is 11.0. The fraction of sp³-hybridized carbons (Fsp3) is 0.194. The summed E-state index contributed by atoms with van der Waals surface area (Å²) in [5.41, 5.74) is 2.25. The van der Waals surface area contributed by atoms with Crippen molar-refractivity contribution in [2.24, 2.45) is 0 Å². The van der Waals surface area contributed by atoms with Crippen LogP contribution >= 0.6 is 11.3 Å². The van der Waals surface area contributed by atoms with E-state index in [-0.39, 0.29) is 5.97 Å². The first-order chi connectivity index (χ1) is 18.1. The third-order valence-electron chi connectivity index (χ3n) is 5.10. The molecule has 0 aliphatic heterocycles. The van der Waals surface area contributed by atoms with Crippen LogP contribution in [0.25, 0.3) is 0 Å². The Hall–Kier alpha value is -4.75. The van der Waals surface area contributed by atoms with Gasteiger partial charge in [-0.15, -0.1) is 11.3 Å². The fourth-order valence-electron chi connectivity index (χ4n) is 3.17. The van der Waals surface area contributed by atoms with E-state index in [1.54, 1.807) is 18.2 Å². The van der Waals surface area contributed by atoms with Crippen LogP contribution in [0, 0.1) is 46.3 Å². The van der Waals surface area contributed by atoms with Crippen molar-refractivity contribution in [3.8, 4) is 41.6 Å². The van der Waals surface area contributed by atoms with E-state index in [0.717, 1.165) is 46.8 Å². The van der Waals surface area contributed by atoms with Crippen LogP contribution in [0.4, 0.5) is 0 Å². The van der Waals surface area contributed by atoms with E-state index in [0.29, 0.717) is 29.9 Å². The van der Waals surface area contributed by atoms with Crippen molar-refractivity contribution in [3.05, 3.63) is 99.3 Å². The third-order valence-corrected chi connectivity index (χ3v) is 6.02. The van der Waals surface area contributed by atoms with Crippen LogP contribution in [-0.2, 0) is 9.53 Å². The number of carbonyl (C=O) groups is 1. The normalized spacial score (nSPS) is 9.46. The number of hydrogen-bond acceptors (Lipinski definition) is 6. The largest absolute Gasteiger partial charge is 0.494 e. The van der Waals surface area contributed by atoms with E-state index in [1.165, 1.54) is 17.4 Å². The van der Waals surface area contributed by atoms with Crippen molar-refractivity contribution in [2.45, 2.75) is 25.7 Å². The molecule has 2 aromatic carbocycles. The molecule has 6 heteroatoms. The standard InChI is InChI=1S/C31H24N2O3S/c1-2-31(34)36-20-6-4-3-5-19-35-28-13-8-24(9-14-28)10-15-29-17-18-30(37-29)16-11-25-7-12-26(22-32)27(21-25)23-33/h2,7-9,12-14,17-18,21H,1,3-6,19-20H2. The van der Waals surface area contributed by atoms with Gasteiger partial charge in [0.1, 0.15) is 17.9 Å². The van der Waals surface area contributed by atoms with E-state index >= 15 is 0 Å². The molecular weight excluding hydrogens is 480 g/mol. The highest BCUT2D eigenvalue weighted by Crippen LogP contribution is 2.16. The molecule has 0 amide bonds. The van der Waals surface area contributed by atoms with Gasteiger partial charge in [0.2, 0.25) is 0 Å². The molecule has 37 heavy (non-hydrogen) atoms. The lowest BCUT2D eigenvalue weighted by Gasteiger charge is -2.06. The molecule has 0 fully saturated rings. The van der Waals surface area contributed by atoms with Crippen LogP contribution < -0.4 is 4.74 Å². The first-order valence-electron chi connectivity index (χ1n) is 11.7. The van der Waals surface area contributed by atoms with Gasteiger partial charge in [0.25, 0.3) is 0 Å². The van der Waals surface area contributed by atoms with Gasteiger partial charge in [-0.25, -0.2) is 4.79 Å². The summed E-state index contributed by atoms with van der Waals surface area (Å²) in [7, 11) is 0. The lowest BCUT2D eigenvalue weighted by Crippen LogP contribution is -2.02. The Balaban J connectivity index is 1.44. The fourth-order valence-corrected chi connectivity index (χ4v) is 3.88. The zero-order valence-corrected chi connectivity index (χ0v) is 21.1. The van der Waals surface area contributed by atoms with Crippen molar-refractivity contribution < 1.29 is 14.3 Å². The molecule has 0 bridgehead atoms. The Kier molecular flexibility index (Phi) is 10.6. The van der Waals surface area contributed by atoms with Gasteiger partial charge in [-0.1, -0.05) is 30.3 Å². The average molecular weight is 505 g/mol. The number of ether oxygens (including phenoxy) is 2. The zero-order chi connectivity index (χ0) is 26.3. The Morgan fingerprint density at radius 2 is 1.41 bits per heavy atom. The molecule has 0 radical (unpaired) electrons. The molecule has 0 aliphatic rings. The lowest BCUT2D eigenvalue weighted by atomic mass is 10.1. The minimum atomic E-state index is -0.376. The molecule has 0 saturated carbocycles. The summed E-state index contributed by atoms with van der Waals surface area (Å²) in [5, 5.41) is 18.2. The second-order valence-electron chi connectivity index (χ2n) is 7.81. The van der Waals surface area contributed by atoms with Crippen molar-refractivity contribution in [1.29, 1.82) is 10.5 Å². The van der Waals surface area contributed by atoms with Crippen molar-refractivity contribution >= 4 is 17.3 Å². The lowest BCUT2D eigenvalue weighted by molar-refractivity contribution is -0.137. The second-order valence-corrected chi connectivity index (χ2v) is 8.89. The predicted octanol–water partition coefficient (Wildman–Crippen LogP) is 5.96. The van der Waals surface area contributed by atoms with Gasteiger partial charge in [0.05, 0.1) is 34.1 Å². The van der Waals surface area contributed by atoms with Crippen LogP contribution in [0.2, 0.25) is 0 Å². The number of benzene rings is 2. The first-order valence-corrected chi connectivity index (χ1v) is 12.5. The highest BCUT2D eigenvalue weighted by molar-refractivity contribution is 7.13. The van der Waals surface area contributed by atoms with Crippen molar-refractivity contribution in [2.75, 3.05) is 13.2 Å². The summed E-state index contributed by atoms with van der Waals surface area (Å²) < 4.78 is 10.7. The highest BCUT2D eigenvalue weighted by Gasteiger charge is 2.02. The van der Waals surface area contributed by atoms with Gasteiger partial charge in [0, 0.05) is 17.2 Å². The molecular formula is C31H24N2O3S. The Morgan fingerprint density at radius 3 is 2.05 bits per heavy atom. The van der Waals surface area contributed by atoms with E-state index in [1.807, 2.05) is 48.5 Å². The van der Waals surface area contributed by atoms with E-state index < -0.39 is 0 Å². The number of thiophene rings is 1. The van der Waals surface area contributed by atoms with Crippen LogP contribution in [0.3, 0.4) is 0 Å². The van der Waals surface area contributed by atoms with Crippen LogP contribution in [-0.4, -0.2) is 19.2 Å². The molecule has 0 N–H and O–H groups in total. The molecule has 182 valence electrons. The number of unbranched alkanes of at least 4 members (excludes halogenated alkanes) is 3. The van der Waals surface area contributed by atoms with Gasteiger partial charge in [-0.05, 0) is 80.3 Å². The molecule has 0 atom stereocenters. The molecule has 0 unspecified atom stereocenters. The Bertz CT molecular complexity index is 1450. The Labute approximate surface area is 221 Å². The summed E-state index contributed by atoms with van der Waals surface area (Å²) in [5.74, 6) is 12.9. The number of esters is 1. The summed E-state index contributed by atoms with van der Waals surface area (Å²) in [4.78, 5) is 12.7. The highest BCUT2D eigenvalue weighted by atomic mass is 32.1. The van der Waals surface area contributed by atoms with Crippen LogP contribution in [0.5, 0.6) is 5.75 Å². The SMILES string of the molecule is C=CC(=O)OCCCCCCOc1ccc(C#Cc2ccc(C#Cc3ccc(C#N)c(C#N)c3)s2)cc1. The molecule has 0 aliphatic carbocycles. The van der Waals surface area contributed by atoms with E-state index in [2.05, 4.69) is 30.3 Å². The van der Waals surface area contributed by atoms with Crippen LogP contribution in [0.1, 0.15) is 57.7 Å². The zero-order valence-electron chi connectivity index (χ0n) is 20.3. The topological polar surface area (TPSA) is 83.1 Å². The first kappa shape index (κ1) is 26.8. The quantitative estimate of drug-likeness (QED) is 0.155. The van der Waals surface area contributed by atoms with E-state index in [9.17, 15) is 4.79 Å². The monoisotopic (exact) mass is 504 g/mol. The maximum Gasteiger partial charge on any atom is 0.330 e. The van der Waals surface area contributed by atoms with Crippen molar-refractivity contribution in [1.82, 2.24) is 0 Å². The Morgan fingerprint density at radius 1 is 0.784 bits per heavy atom. The van der Waals surface area contributed by atoms with Gasteiger partial charge < -0.3 is 9.47 Å². The summed E-state index contributed by atoms with van der Waals surface area (Å²) in [6.07, 6.45) is 4.94. The summed E-state index contributed by atoms with van der Waals surface area (Å²) in [6, 6.07) is 20.5. The number of hydrogen-bond donors (Lipinski definition) is 0.